The highest BCUT2D eigenvalue weighted by Gasteiger charge is 2.31. The summed E-state index contributed by atoms with van der Waals surface area (Å²) in [5, 5.41) is 19.6. The van der Waals surface area contributed by atoms with E-state index in [1.54, 1.807) is 16.8 Å². The first kappa shape index (κ1) is 16.9. The molecule has 7 nitrogen and oxygen atoms in total. The summed E-state index contributed by atoms with van der Waals surface area (Å²) in [5.74, 6) is -1.93. The minimum atomic E-state index is -0.975. The second-order valence-electron chi connectivity index (χ2n) is 5.66. The van der Waals surface area contributed by atoms with E-state index in [4.69, 9.17) is 9.84 Å². The van der Waals surface area contributed by atoms with Crippen molar-refractivity contribution >= 4 is 38.8 Å². The predicted molar refractivity (Wildman–Crippen MR) is 90.0 cm³/mol. The smallest absolute Gasteiger partial charge is 0.325 e. The fourth-order valence-electron chi connectivity index (χ4n) is 3.11. The van der Waals surface area contributed by atoms with Crippen LogP contribution in [0.4, 0.5) is 0 Å². The van der Waals surface area contributed by atoms with Crippen molar-refractivity contribution in [3.05, 3.63) is 34.4 Å². The van der Waals surface area contributed by atoms with Crippen LogP contribution in [0.2, 0.25) is 0 Å². The summed E-state index contributed by atoms with van der Waals surface area (Å²) < 4.78 is 7.69. The van der Waals surface area contributed by atoms with Gasteiger partial charge in [-0.2, -0.15) is 0 Å². The van der Waals surface area contributed by atoms with Gasteiger partial charge in [0.25, 0.3) is 0 Å². The summed E-state index contributed by atoms with van der Waals surface area (Å²) in [6.07, 6.45) is 1.64. The Morgan fingerprint density at radius 2 is 1.96 bits per heavy atom. The van der Waals surface area contributed by atoms with Crippen LogP contribution in [0.3, 0.4) is 0 Å². The highest BCUT2D eigenvalue weighted by molar-refractivity contribution is 9.10. The first-order valence-corrected chi connectivity index (χ1v) is 8.31. The van der Waals surface area contributed by atoms with Gasteiger partial charge in [-0.15, -0.1) is 0 Å². The van der Waals surface area contributed by atoms with Crippen LogP contribution in [0.25, 0.3) is 10.9 Å². The van der Waals surface area contributed by atoms with Crippen molar-refractivity contribution in [1.29, 1.82) is 0 Å². The van der Waals surface area contributed by atoms with Crippen LogP contribution < -0.4 is 0 Å². The molecule has 128 valence electrons. The minimum Gasteiger partial charge on any atom is -0.480 e. The number of aliphatic carboxylic acids is 2. The maximum atomic E-state index is 11.9. The molecule has 8 heteroatoms. The highest BCUT2D eigenvalue weighted by atomic mass is 79.9. The fourth-order valence-corrected chi connectivity index (χ4v) is 3.46. The van der Waals surface area contributed by atoms with Gasteiger partial charge in [0, 0.05) is 34.7 Å². The summed E-state index contributed by atoms with van der Waals surface area (Å²) >= 11 is 3.38. The lowest BCUT2D eigenvalue weighted by Gasteiger charge is -2.31. The minimum absolute atomic E-state index is 0.220. The molecule has 0 unspecified atom stereocenters. The summed E-state index contributed by atoms with van der Waals surface area (Å²) in [7, 11) is 0. The molecule has 0 amide bonds. The number of morpholine rings is 1. The summed E-state index contributed by atoms with van der Waals surface area (Å²) in [4.78, 5) is 24.9. The van der Waals surface area contributed by atoms with E-state index >= 15 is 0 Å². The van der Waals surface area contributed by atoms with Crippen LogP contribution in [0.5, 0.6) is 0 Å². The molecule has 3 rings (SSSR count). The number of hydrogen-bond donors (Lipinski definition) is 2. The molecular weight excluding hydrogens is 380 g/mol. The van der Waals surface area contributed by atoms with E-state index in [0.29, 0.717) is 37.4 Å². The molecule has 1 saturated heterocycles. The number of benzene rings is 1. The first-order valence-electron chi connectivity index (χ1n) is 7.52. The zero-order valence-corrected chi connectivity index (χ0v) is 14.4. The quantitative estimate of drug-likeness (QED) is 0.802. The van der Waals surface area contributed by atoms with Crippen molar-refractivity contribution in [3.63, 3.8) is 0 Å². The topological polar surface area (TPSA) is 92.0 Å². The van der Waals surface area contributed by atoms with E-state index in [9.17, 15) is 14.7 Å². The molecule has 2 N–H and O–H groups in total. The number of halogens is 1. The third-order valence-corrected chi connectivity index (χ3v) is 4.61. The Labute approximate surface area is 146 Å². The highest BCUT2D eigenvalue weighted by Crippen LogP contribution is 2.32. The van der Waals surface area contributed by atoms with Crippen LogP contribution in [0, 0.1) is 0 Å². The summed E-state index contributed by atoms with van der Waals surface area (Å²) in [6, 6.07) is 4.63. The van der Waals surface area contributed by atoms with E-state index in [0.717, 1.165) is 9.86 Å². The molecule has 2 heterocycles. The number of carboxylic acids is 2. The molecule has 1 aliphatic rings. The number of nitrogens with zero attached hydrogens (tertiary/aromatic N) is 2. The Balaban J connectivity index is 2.12. The molecule has 0 spiro atoms. The molecule has 0 saturated carbocycles. The second kappa shape index (κ2) is 6.92. The van der Waals surface area contributed by atoms with E-state index < -0.39 is 18.0 Å². The lowest BCUT2D eigenvalue weighted by molar-refractivity contribution is -0.145. The lowest BCUT2D eigenvalue weighted by Crippen LogP contribution is -2.42. The van der Waals surface area contributed by atoms with E-state index in [1.807, 2.05) is 17.0 Å². The molecule has 0 bridgehead atoms. The Kier molecular flexibility index (Phi) is 4.88. The molecule has 1 aromatic heterocycles. The lowest BCUT2D eigenvalue weighted by atomic mass is 10.0. The number of hydrogen-bond acceptors (Lipinski definition) is 4. The second-order valence-corrected chi connectivity index (χ2v) is 6.57. The Morgan fingerprint density at radius 1 is 1.25 bits per heavy atom. The van der Waals surface area contributed by atoms with Crippen molar-refractivity contribution in [2.75, 3.05) is 26.3 Å². The van der Waals surface area contributed by atoms with Crippen LogP contribution in [-0.2, 0) is 20.9 Å². The molecule has 24 heavy (non-hydrogen) atoms. The van der Waals surface area contributed by atoms with Gasteiger partial charge in [-0.3, -0.25) is 14.5 Å². The normalized spacial score (nSPS) is 17.0. The Hall–Kier alpha value is -1.90. The molecule has 1 aliphatic heterocycles. The number of fused-ring (bicyclic) bond motifs is 1. The van der Waals surface area contributed by atoms with Crippen LogP contribution in [0.1, 0.15) is 11.6 Å². The van der Waals surface area contributed by atoms with E-state index in [2.05, 4.69) is 15.9 Å². The molecule has 1 aromatic carbocycles. The van der Waals surface area contributed by atoms with Gasteiger partial charge >= 0.3 is 11.9 Å². The van der Waals surface area contributed by atoms with Gasteiger partial charge in [0.2, 0.25) is 0 Å². The van der Waals surface area contributed by atoms with Crippen molar-refractivity contribution < 1.29 is 24.5 Å². The van der Waals surface area contributed by atoms with E-state index in [1.165, 1.54) is 0 Å². The van der Waals surface area contributed by atoms with Gasteiger partial charge in [0.15, 0.2) is 0 Å². The largest absolute Gasteiger partial charge is 0.480 e. The summed E-state index contributed by atoms with van der Waals surface area (Å²) in [6.45, 7) is 1.81. The third kappa shape index (κ3) is 3.31. The number of ether oxygens (including phenoxy) is 1. The summed E-state index contributed by atoms with van der Waals surface area (Å²) in [5.41, 5.74) is 1.30. The number of rotatable bonds is 5. The van der Waals surface area contributed by atoms with Gasteiger partial charge in [-0.05, 0) is 12.1 Å². The van der Waals surface area contributed by atoms with Crippen LogP contribution in [0.15, 0.2) is 28.9 Å². The van der Waals surface area contributed by atoms with Gasteiger partial charge in [-0.25, -0.2) is 0 Å². The van der Waals surface area contributed by atoms with Gasteiger partial charge in [0.1, 0.15) is 12.6 Å². The van der Waals surface area contributed by atoms with E-state index in [-0.39, 0.29) is 6.54 Å². The SMILES string of the molecule is O=C(O)Cn1cc([C@@H](C(=O)O)N2CCOCC2)c2ccc(Br)cc21. The molecule has 2 aromatic rings. The van der Waals surface area contributed by atoms with Crippen molar-refractivity contribution in [1.82, 2.24) is 9.47 Å². The standard InChI is InChI=1S/C16H17BrN2O5/c17-10-1-2-11-12(8-19(9-14(20)21)13(11)7-10)15(16(22)23)18-3-5-24-6-4-18/h1-2,7-8,15H,3-6,9H2,(H,20,21)(H,22,23)/t15-/m0/s1. The van der Waals surface area contributed by atoms with Crippen molar-refractivity contribution in [2.24, 2.45) is 0 Å². The number of carboxylic acid groups (broad SMARTS) is 2. The van der Waals surface area contributed by atoms with Crippen LogP contribution in [-0.4, -0.2) is 57.9 Å². The zero-order valence-electron chi connectivity index (χ0n) is 12.8. The van der Waals surface area contributed by atoms with Gasteiger partial charge in [0.05, 0.1) is 18.7 Å². The van der Waals surface area contributed by atoms with Gasteiger partial charge in [-0.1, -0.05) is 22.0 Å². The maximum absolute atomic E-state index is 11.9. The molecule has 0 aliphatic carbocycles. The monoisotopic (exact) mass is 396 g/mol. The van der Waals surface area contributed by atoms with Crippen LogP contribution >= 0.6 is 15.9 Å². The average molecular weight is 397 g/mol. The third-order valence-electron chi connectivity index (χ3n) is 4.12. The van der Waals surface area contributed by atoms with Gasteiger partial charge < -0.3 is 19.5 Å². The molecule has 1 atom stereocenters. The Morgan fingerprint density at radius 3 is 2.58 bits per heavy atom. The Bertz CT molecular complexity index is 782. The van der Waals surface area contributed by atoms with Crippen molar-refractivity contribution in [3.8, 4) is 0 Å². The molecule has 0 radical (unpaired) electrons. The number of carbonyl (C=O) groups is 2. The maximum Gasteiger partial charge on any atom is 0.325 e. The fraction of sp³-hybridized carbons (Fsp3) is 0.375. The zero-order chi connectivity index (χ0) is 17.3. The van der Waals surface area contributed by atoms with Crippen molar-refractivity contribution in [2.45, 2.75) is 12.6 Å². The predicted octanol–water partition coefficient (Wildman–Crippen LogP) is 1.95. The molecular formula is C16H17BrN2O5. The molecule has 1 fully saturated rings. The first-order chi connectivity index (χ1) is 11.5. The number of aromatic nitrogens is 1. The average Bonchev–Trinajstić information content (AvgIpc) is 2.85.